The zero-order valence-corrected chi connectivity index (χ0v) is 11.6. The molecule has 19 heavy (non-hydrogen) atoms. The van der Waals surface area contributed by atoms with Crippen molar-refractivity contribution in [1.29, 1.82) is 0 Å². The van der Waals surface area contributed by atoms with Gasteiger partial charge in [-0.05, 0) is 25.5 Å². The Hall–Kier alpha value is -1.84. The highest BCUT2D eigenvalue weighted by atomic mass is 16.2. The Morgan fingerprint density at radius 1 is 1.16 bits per heavy atom. The first kappa shape index (κ1) is 15.2. The molecule has 0 heterocycles. The van der Waals surface area contributed by atoms with Gasteiger partial charge in [0.15, 0.2) is 0 Å². The predicted octanol–water partition coefficient (Wildman–Crippen LogP) is 2.71. The summed E-state index contributed by atoms with van der Waals surface area (Å²) in [6.07, 6.45) is 3.47. The number of anilines is 1. The molecule has 0 aliphatic rings. The summed E-state index contributed by atoms with van der Waals surface area (Å²) >= 11 is 0. The molecule has 2 amide bonds. The molecule has 1 unspecified atom stereocenters. The number of para-hydroxylation sites is 1. The third-order valence-corrected chi connectivity index (χ3v) is 2.82. The number of rotatable bonds is 7. The summed E-state index contributed by atoms with van der Waals surface area (Å²) in [6.45, 7) is 3.78. The lowest BCUT2D eigenvalue weighted by Crippen LogP contribution is -2.41. The number of nitrogens with one attached hydrogen (secondary N) is 2. The molecule has 0 aromatic heterocycles. The second kappa shape index (κ2) is 8.29. The Morgan fingerprint density at radius 2 is 1.84 bits per heavy atom. The molecule has 104 valence electrons. The van der Waals surface area contributed by atoms with E-state index in [0.717, 1.165) is 24.9 Å². The minimum atomic E-state index is -0.519. The number of carbonyl (C=O) groups is 2. The second-order valence-corrected chi connectivity index (χ2v) is 4.60. The summed E-state index contributed by atoms with van der Waals surface area (Å²) in [5, 5.41) is 5.47. The van der Waals surface area contributed by atoms with E-state index in [-0.39, 0.29) is 11.8 Å². The summed E-state index contributed by atoms with van der Waals surface area (Å²) in [5.74, 6) is -0.265. The Bertz CT molecular complexity index is 404. The largest absolute Gasteiger partial charge is 0.345 e. The zero-order chi connectivity index (χ0) is 14.1. The van der Waals surface area contributed by atoms with Crippen LogP contribution in [0.3, 0.4) is 0 Å². The van der Waals surface area contributed by atoms with Crippen molar-refractivity contribution in [1.82, 2.24) is 5.32 Å². The average Bonchev–Trinajstić information content (AvgIpc) is 2.40. The van der Waals surface area contributed by atoms with Gasteiger partial charge in [-0.25, -0.2) is 0 Å². The van der Waals surface area contributed by atoms with E-state index in [9.17, 15) is 9.59 Å². The monoisotopic (exact) mass is 262 g/mol. The zero-order valence-electron chi connectivity index (χ0n) is 11.6. The van der Waals surface area contributed by atoms with Gasteiger partial charge >= 0.3 is 0 Å². The number of benzene rings is 1. The lowest BCUT2D eigenvalue weighted by Gasteiger charge is -2.14. The maximum absolute atomic E-state index is 11.9. The molecule has 0 aliphatic heterocycles. The number of carbonyl (C=O) groups excluding carboxylic acids is 2. The topological polar surface area (TPSA) is 58.2 Å². The summed E-state index contributed by atoms with van der Waals surface area (Å²) < 4.78 is 0. The van der Waals surface area contributed by atoms with Crippen LogP contribution in [0.4, 0.5) is 5.69 Å². The van der Waals surface area contributed by atoms with Crippen LogP contribution in [0.5, 0.6) is 0 Å². The van der Waals surface area contributed by atoms with Crippen molar-refractivity contribution in [2.24, 2.45) is 0 Å². The second-order valence-electron chi connectivity index (χ2n) is 4.60. The van der Waals surface area contributed by atoms with Gasteiger partial charge in [-0.2, -0.15) is 0 Å². The lowest BCUT2D eigenvalue weighted by molar-refractivity contribution is -0.126. The van der Waals surface area contributed by atoms with Crippen molar-refractivity contribution >= 4 is 17.5 Å². The molecule has 4 nitrogen and oxygen atoms in total. The van der Waals surface area contributed by atoms with Crippen LogP contribution >= 0.6 is 0 Å². The van der Waals surface area contributed by atoms with E-state index in [2.05, 4.69) is 17.6 Å². The smallest absolute Gasteiger partial charge is 0.246 e. The molecule has 1 rings (SSSR count). The van der Waals surface area contributed by atoms with E-state index in [1.54, 1.807) is 6.92 Å². The first-order valence-corrected chi connectivity index (χ1v) is 6.78. The molecule has 1 atom stereocenters. The Morgan fingerprint density at radius 3 is 2.47 bits per heavy atom. The van der Waals surface area contributed by atoms with Crippen molar-refractivity contribution in [3.63, 3.8) is 0 Å². The van der Waals surface area contributed by atoms with E-state index in [4.69, 9.17) is 0 Å². The molecule has 0 saturated heterocycles. The summed E-state index contributed by atoms with van der Waals surface area (Å²) in [5.41, 5.74) is 0.736. The summed E-state index contributed by atoms with van der Waals surface area (Å²) in [6, 6.07) is 8.69. The van der Waals surface area contributed by atoms with E-state index in [1.807, 2.05) is 30.3 Å². The molecule has 0 fully saturated rings. The Labute approximate surface area is 114 Å². The van der Waals surface area contributed by atoms with Crippen molar-refractivity contribution < 1.29 is 9.59 Å². The van der Waals surface area contributed by atoms with Crippen LogP contribution in [0.1, 0.15) is 39.5 Å². The van der Waals surface area contributed by atoms with Gasteiger partial charge in [0.25, 0.3) is 0 Å². The van der Waals surface area contributed by atoms with Crippen molar-refractivity contribution in [3.05, 3.63) is 30.3 Å². The van der Waals surface area contributed by atoms with Crippen LogP contribution in [0.25, 0.3) is 0 Å². The summed E-state index contributed by atoms with van der Waals surface area (Å²) in [7, 11) is 0. The van der Waals surface area contributed by atoms with Crippen LogP contribution in [-0.2, 0) is 9.59 Å². The minimum absolute atomic E-state index is 0.0656. The van der Waals surface area contributed by atoms with E-state index < -0.39 is 6.04 Å². The van der Waals surface area contributed by atoms with Gasteiger partial charge in [0, 0.05) is 12.1 Å². The molecule has 0 spiro atoms. The van der Waals surface area contributed by atoms with Gasteiger partial charge in [0.05, 0.1) is 0 Å². The molecule has 2 N–H and O–H groups in total. The number of unbranched alkanes of at least 4 members (excludes halogenated alkanes) is 2. The van der Waals surface area contributed by atoms with E-state index in [0.29, 0.717) is 6.42 Å². The minimum Gasteiger partial charge on any atom is -0.345 e. The molecule has 0 aliphatic carbocycles. The first-order valence-electron chi connectivity index (χ1n) is 6.78. The van der Waals surface area contributed by atoms with Gasteiger partial charge in [-0.15, -0.1) is 0 Å². The Balaban J connectivity index is 2.34. The SMILES string of the molecule is CCCCCC(=O)NC(C)C(=O)Nc1ccccc1. The van der Waals surface area contributed by atoms with Gasteiger partial charge in [-0.3, -0.25) is 9.59 Å². The third kappa shape index (κ3) is 6.04. The molecule has 1 aromatic carbocycles. The van der Waals surface area contributed by atoms with Gasteiger partial charge in [0.2, 0.25) is 11.8 Å². The Kier molecular flexibility index (Phi) is 6.64. The maximum Gasteiger partial charge on any atom is 0.246 e. The molecular formula is C15H22N2O2. The fourth-order valence-corrected chi connectivity index (χ4v) is 1.69. The van der Waals surface area contributed by atoms with Crippen molar-refractivity contribution in [2.45, 2.75) is 45.6 Å². The highest BCUT2D eigenvalue weighted by molar-refractivity contribution is 5.96. The lowest BCUT2D eigenvalue weighted by atomic mass is 10.2. The number of hydrogen-bond acceptors (Lipinski definition) is 2. The molecular weight excluding hydrogens is 240 g/mol. The number of amides is 2. The molecule has 0 saturated carbocycles. The average molecular weight is 262 g/mol. The van der Waals surface area contributed by atoms with Crippen LogP contribution in [0.15, 0.2) is 30.3 Å². The maximum atomic E-state index is 11.9. The first-order chi connectivity index (χ1) is 9.13. The van der Waals surface area contributed by atoms with E-state index in [1.165, 1.54) is 0 Å². The predicted molar refractivity (Wildman–Crippen MR) is 76.8 cm³/mol. The molecule has 1 aromatic rings. The molecule has 0 bridgehead atoms. The number of hydrogen-bond donors (Lipinski definition) is 2. The quantitative estimate of drug-likeness (QED) is 0.742. The molecule has 4 heteroatoms. The van der Waals surface area contributed by atoms with Crippen LogP contribution < -0.4 is 10.6 Å². The fourth-order valence-electron chi connectivity index (χ4n) is 1.69. The van der Waals surface area contributed by atoms with Crippen LogP contribution in [-0.4, -0.2) is 17.9 Å². The van der Waals surface area contributed by atoms with Crippen LogP contribution in [0, 0.1) is 0 Å². The molecule has 0 radical (unpaired) electrons. The van der Waals surface area contributed by atoms with Crippen molar-refractivity contribution in [2.75, 3.05) is 5.32 Å². The van der Waals surface area contributed by atoms with E-state index >= 15 is 0 Å². The highest BCUT2D eigenvalue weighted by Crippen LogP contribution is 2.05. The van der Waals surface area contributed by atoms with Crippen LogP contribution in [0.2, 0.25) is 0 Å². The third-order valence-electron chi connectivity index (χ3n) is 2.82. The van der Waals surface area contributed by atoms with Crippen molar-refractivity contribution in [3.8, 4) is 0 Å². The normalized spacial score (nSPS) is 11.7. The summed E-state index contributed by atoms with van der Waals surface area (Å²) in [4.78, 5) is 23.4. The highest BCUT2D eigenvalue weighted by Gasteiger charge is 2.15. The van der Waals surface area contributed by atoms with Gasteiger partial charge in [0.1, 0.15) is 6.04 Å². The van der Waals surface area contributed by atoms with Gasteiger partial charge < -0.3 is 10.6 Å². The fraction of sp³-hybridized carbons (Fsp3) is 0.467. The standard InChI is InChI=1S/C15H22N2O2/c1-3-4-6-11-14(18)16-12(2)15(19)17-13-9-7-5-8-10-13/h5,7-10,12H,3-4,6,11H2,1-2H3,(H,16,18)(H,17,19). The van der Waals surface area contributed by atoms with Gasteiger partial charge in [-0.1, -0.05) is 38.0 Å².